The molecule has 192 valence electrons. The molecule has 2 rings (SSSR count). The van der Waals surface area contributed by atoms with E-state index in [4.69, 9.17) is 0 Å². The molecule has 1 aliphatic rings. The van der Waals surface area contributed by atoms with E-state index in [0.29, 0.717) is 6.42 Å². The van der Waals surface area contributed by atoms with Crippen molar-refractivity contribution in [3.05, 3.63) is 72.4 Å². The van der Waals surface area contributed by atoms with Crippen LogP contribution in [0.25, 0.3) is 0 Å². The Hall–Kier alpha value is -3.81. The van der Waals surface area contributed by atoms with E-state index in [2.05, 4.69) is 16.0 Å². The Labute approximate surface area is 212 Å². The molecule has 0 unspecified atom stereocenters. The van der Waals surface area contributed by atoms with Gasteiger partial charge >= 0.3 is 0 Å². The number of hydrogen-bond acceptors (Lipinski definition) is 5. The van der Waals surface area contributed by atoms with Crippen molar-refractivity contribution in [2.24, 2.45) is 11.3 Å². The van der Waals surface area contributed by atoms with Gasteiger partial charge in [0.05, 0.1) is 18.5 Å². The van der Waals surface area contributed by atoms with E-state index in [1.807, 2.05) is 51.1 Å². The summed E-state index contributed by atoms with van der Waals surface area (Å²) in [5.74, 6) is -2.74. The highest BCUT2D eigenvalue weighted by Crippen LogP contribution is 2.31. The molecular weight excluding hydrogens is 458 g/mol. The molecule has 1 aliphatic heterocycles. The molecule has 1 saturated heterocycles. The summed E-state index contributed by atoms with van der Waals surface area (Å²) < 4.78 is 0. The molecule has 8 nitrogen and oxygen atoms in total. The number of hydrogen-bond donors (Lipinski definition) is 3. The van der Waals surface area contributed by atoms with Crippen molar-refractivity contribution < 1.29 is 24.0 Å². The van der Waals surface area contributed by atoms with Crippen molar-refractivity contribution in [1.29, 1.82) is 0 Å². The number of allylic oxidation sites excluding steroid dienone is 5. The lowest BCUT2D eigenvalue weighted by atomic mass is 9.77. The maximum atomic E-state index is 13.4. The summed E-state index contributed by atoms with van der Waals surface area (Å²) in [5.41, 5.74) is -0.797. The fraction of sp³-hybridized carbons (Fsp3) is 0.393. The molecule has 0 aromatic heterocycles. The van der Waals surface area contributed by atoms with Crippen LogP contribution in [0.5, 0.6) is 0 Å². The molecule has 1 aromatic carbocycles. The van der Waals surface area contributed by atoms with E-state index in [0.717, 1.165) is 5.56 Å². The second kappa shape index (κ2) is 13.3. The zero-order chi connectivity index (χ0) is 26.7. The molecule has 0 bridgehead atoms. The lowest BCUT2D eigenvalue weighted by Gasteiger charge is -2.30. The maximum Gasteiger partial charge on any atom is 0.244 e. The van der Waals surface area contributed by atoms with Crippen LogP contribution < -0.4 is 16.0 Å². The first-order valence-electron chi connectivity index (χ1n) is 12.1. The third kappa shape index (κ3) is 7.60. The summed E-state index contributed by atoms with van der Waals surface area (Å²) in [6.07, 6.45) is 10.4. The number of Topliss-reactive ketones (excluding diaryl/α,β-unsaturated/α-hetero) is 1. The minimum atomic E-state index is -1.53. The molecule has 0 spiro atoms. The molecule has 3 N–H and O–H groups in total. The summed E-state index contributed by atoms with van der Waals surface area (Å²) in [4.78, 5) is 63.1. The highest BCUT2D eigenvalue weighted by Gasteiger charge is 2.51. The Morgan fingerprint density at radius 3 is 2.31 bits per heavy atom. The fourth-order valence-electron chi connectivity index (χ4n) is 3.91. The number of rotatable bonds is 12. The Balaban J connectivity index is 2.19. The van der Waals surface area contributed by atoms with Crippen molar-refractivity contribution in [2.75, 3.05) is 0 Å². The zero-order valence-electron chi connectivity index (χ0n) is 21.2. The maximum absolute atomic E-state index is 13.4. The van der Waals surface area contributed by atoms with Crippen LogP contribution in [-0.4, -0.2) is 35.5 Å². The van der Waals surface area contributed by atoms with Gasteiger partial charge in [-0.1, -0.05) is 81.0 Å². The third-order valence-electron chi connectivity index (χ3n) is 6.31. The first-order valence-corrected chi connectivity index (χ1v) is 12.1. The summed E-state index contributed by atoms with van der Waals surface area (Å²) >= 11 is 0. The SMILES string of the molecule is C/C=C/C=C/C=C/C(=O)N[C@@H](CC(=O)N[C@H](C(=O)[C@@]1(C)CC(=O)NC1=O)[C@@H](C)CC)c1ccccc1. The first kappa shape index (κ1) is 28.4. The summed E-state index contributed by atoms with van der Waals surface area (Å²) in [5, 5.41) is 7.80. The minimum absolute atomic E-state index is 0.111. The average Bonchev–Trinajstić information content (AvgIpc) is 3.13. The van der Waals surface area contributed by atoms with E-state index < -0.39 is 41.0 Å². The van der Waals surface area contributed by atoms with E-state index in [1.165, 1.54) is 13.0 Å². The number of carbonyl (C=O) groups excluding carboxylic acids is 5. The Kier molecular flexibility index (Phi) is 10.5. The molecule has 1 aromatic rings. The Morgan fingerprint density at radius 1 is 1.06 bits per heavy atom. The van der Waals surface area contributed by atoms with E-state index in [-0.39, 0.29) is 24.7 Å². The number of nitrogens with one attached hydrogen (secondary N) is 3. The topological polar surface area (TPSA) is 121 Å². The molecule has 0 saturated carbocycles. The van der Waals surface area contributed by atoms with Crippen molar-refractivity contribution in [3.63, 3.8) is 0 Å². The first-order chi connectivity index (χ1) is 17.1. The minimum Gasteiger partial charge on any atom is -0.346 e. The molecule has 0 aliphatic carbocycles. The second-order valence-electron chi connectivity index (χ2n) is 9.13. The number of benzene rings is 1. The predicted molar refractivity (Wildman–Crippen MR) is 137 cm³/mol. The highest BCUT2D eigenvalue weighted by molar-refractivity contribution is 6.19. The lowest BCUT2D eigenvalue weighted by molar-refractivity contribution is -0.142. The van der Waals surface area contributed by atoms with E-state index >= 15 is 0 Å². The van der Waals surface area contributed by atoms with Crippen LogP contribution in [0, 0.1) is 11.3 Å². The van der Waals surface area contributed by atoms with Crippen LogP contribution in [-0.2, 0) is 24.0 Å². The van der Waals surface area contributed by atoms with Gasteiger partial charge in [0, 0.05) is 12.5 Å². The summed E-state index contributed by atoms with van der Waals surface area (Å²) in [7, 11) is 0. The predicted octanol–water partition coefficient (Wildman–Crippen LogP) is 3.08. The molecule has 1 heterocycles. The van der Waals surface area contributed by atoms with Crippen molar-refractivity contribution in [3.8, 4) is 0 Å². The number of carbonyl (C=O) groups is 5. The molecule has 4 atom stereocenters. The monoisotopic (exact) mass is 493 g/mol. The molecule has 8 heteroatoms. The molecule has 1 fully saturated rings. The van der Waals surface area contributed by atoms with Gasteiger partial charge in [-0.2, -0.15) is 0 Å². The summed E-state index contributed by atoms with van der Waals surface area (Å²) in [6.45, 7) is 7.01. The van der Waals surface area contributed by atoms with Crippen molar-refractivity contribution in [2.45, 2.75) is 59.0 Å². The molecule has 0 radical (unpaired) electrons. The van der Waals surface area contributed by atoms with Crippen LogP contribution >= 0.6 is 0 Å². The van der Waals surface area contributed by atoms with E-state index in [1.54, 1.807) is 30.4 Å². The lowest BCUT2D eigenvalue weighted by Crippen LogP contribution is -2.53. The van der Waals surface area contributed by atoms with Crippen molar-refractivity contribution in [1.82, 2.24) is 16.0 Å². The van der Waals surface area contributed by atoms with Crippen molar-refractivity contribution >= 4 is 29.4 Å². The van der Waals surface area contributed by atoms with Crippen LogP contribution in [0.3, 0.4) is 0 Å². The third-order valence-corrected chi connectivity index (χ3v) is 6.31. The van der Waals surface area contributed by atoms with Gasteiger partial charge in [0.2, 0.25) is 23.6 Å². The Morgan fingerprint density at radius 2 is 1.72 bits per heavy atom. The van der Waals surface area contributed by atoms with Gasteiger partial charge in [0.1, 0.15) is 5.41 Å². The number of amides is 4. The van der Waals surface area contributed by atoms with Crippen LogP contribution in [0.2, 0.25) is 0 Å². The van der Waals surface area contributed by atoms with Crippen LogP contribution in [0.15, 0.2) is 66.8 Å². The second-order valence-corrected chi connectivity index (χ2v) is 9.13. The van der Waals surface area contributed by atoms with Gasteiger partial charge in [0.25, 0.3) is 0 Å². The van der Waals surface area contributed by atoms with Gasteiger partial charge in [0.15, 0.2) is 5.78 Å². The molecule has 4 amide bonds. The van der Waals surface area contributed by atoms with Gasteiger partial charge in [-0.3, -0.25) is 29.3 Å². The van der Waals surface area contributed by atoms with Crippen LogP contribution in [0.4, 0.5) is 0 Å². The normalized spacial score (nSPS) is 20.4. The van der Waals surface area contributed by atoms with Gasteiger partial charge in [-0.15, -0.1) is 0 Å². The number of ketones is 1. The average molecular weight is 494 g/mol. The molecular formula is C28H35N3O5. The van der Waals surface area contributed by atoms with E-state index in [9.17, 15) is 24.0 Å². The van der Waals surface area contributed by atoms with Gasteiger partial charge in [-0.25, -0.2) is 0 Å². The fourth-order valence-corrected chi connectivity index (χ4v) is 3.91. The highest BCUT2D eigenvalue weighted by atomic mass is 16.2. The zero-order valence-corrected chi connectivity index (χ0v) is 21.2. The van der Waals surface area contributed by atoms with Crippen LogP contribution in [0.1, 0.15) is 58.6 Å². The molecule has 36 heavy (non-hydrogen) atoms. The standard InChI is InChI=1S/C28H35N3O5/c1-5-7-8-9-13-16-22(32)29-21(20-14-11-10-12-15-20)17-23(33)30-25(19(3)6-2)26(35)28(4)18-24(34)31-27(28)36/h5,7-16,19,21,25H,6,17-18H2,1-4H3,(H,29,32)(H,30,33)(H,31,34,36)/b7-5+,9-8+,16-13+/t19-,21-,25-,28+/m0/s1. The summed E-state index contributed by atoms with van der Waals surface area (Å²) in [6, 6.07) is 7.48. The van der Waals surface area contributed by atoms with Gasteiger partial charge < -0.3 is 10.6 Å². The largest absolute Gasteiger partial charge is 0.346 e. The Bertz CT molecular complexity index is 1060. The van der Waals surface area contributed by atoms with Gasteiger partial charge in [-0.05, 0) is 25.3 Å². The smallest absolute Gasteiger partial charge is 0.244 e. The number of imide groups is 1. The quantitative estimate of drug-likeness (QED) is 0.179.